The Morgan fingerprint density at radius 3 is 2.29 bits per heavy atom. The van der Waals surface area contributed by atoms with Crippen molar-refractivity contribution in [1.82, 2.24) is 10.2 Å². The monoisotopic (exact) mass is 552 g/mol. The van der Waals surface area contributed by atoms with Crippen molar-refractivity contribution < 1.29 is 14.3 Å². The fourth-order valence-electron chi connectivity index (χ4n) is 3.12. The first-order chi connectivity index (χ1) is 14.7. The number of carbonyl (C=O) groups excluding carboxylic acids is 2. The molecule has 0 aliphatic heterocycles. The SMILES string of the molecule is CCCCNC(=O)C(C)N(Cc1ccc(Br)cc1)C(=O)COc1cc(C)c(Br)c(C)c1. The minimum Gasteiger partial charge on any atom is -0.484 e. The lowest BCUT2D eigenvalue weighted by Crippen LogP contribution is -2.49. The van der Waals surface area contributed by atoms with E-state index in [0.717, 1.165) is 38.5 Å². The number of aryl methyl sites for hydroxylation is 2. The predicted molar refractivity (Wildman–Crippen MR) is 131 cm³/mol. The highest BCUT2D eigenvalue weighted by Crippen LogP contribution is 2.26. The predicted octanol–water partition coefficient (Wildman–Crippen LogP) is 5.54. The quantitative estimate of drug-likeness (QED) is 0.393. The van der Waals surface area contributed by atoms with Crippen LogP contribution in [0.15, 0.2) is 45.3 Å². The lowest BCUT2D eigenvalue weighted by atomic mass is 10.1. The number of carbonyl (C=O) groups is 2. The van der Waals surface area contributed by atoms with Gasteiger partial charge in [0.2, 0.25) is 5.91 Å². The van der Waals surface area contributed by atoms with Crippen LogP contribution in [-0.2, 0) is 16.1 Å². The third-order valence-electron chi connectivity index (χ3n) is 5.04. The Balaban J connectivity index is 2.14. The molecule has 1 N–H and O–H groups in total. The van der Waals surface area contributed by atoms with Crippen LogP contribution < -0.4 is 10.1 Å². The van der Waals surface area contributed by atoms with Gasteiger partial charge in [0.15, 0.2) is 6.61 Å². The van der Waals surface area contributed by atoms with Crippen LogP contribution in [0.2, 0.25) is 0 Å². The standard InChI is InChI=1S/C24H30Br2N2O3/c1-5-6-11-27-24(30)18(4)28(14-19-7-9-20(25)10-8-19)22(29)15-31-21-12-16(2)23(26)17(3)13-21/h7-10,12-13,18H,5-6,11,14-15H2,1-4H3,(H,27,30). The van der Waals surface area contributed by atoms with Crippen molar-refractivity contribution in [3.8, 4) is 5.75 Å². The molecule has 0 saturated carbocycles. The molecule has 2 rings (SSSR count). The van der Waals surface area contributed by atoms with E-state index in [1.54, 1.807) is 11.8 Å². The fraction of sp³-hybridized carbons (Fsp3) is 0.417. The molecule has 0 radical (unpaired) electrons. The molecule has 0 bridgehead atoms. The Labute approximate surface area is 201 Å². The number of nitrogens with zero attached hydrogens (tertiary/aromatic N) is 1. The summed E-state index contributed by atoms with van der Waals surface area (Å²) >= 11 is 6.97. The van der Waals surface area contributed by atoms with Crippen molar-refractivity contribution in [1.29, 1.82) is 0 Å². The first kappa shape index (κ1) is 25.4. The first-order valence-corrected chi connectivity index (χ1v) is 12.0. The normalized spacial score (nSPS) is 11.7. The topological polar surface area (TPSA) is 58.6 Å². The van der Waals surface area contributed by atoms with Crippen LogP contribution in [0.1, 0.15) is 43.4 Å². The van der Waals surface area contributed by atoms with E-state index in [1.165, 1.54) is 0 Å². The second-order valence-electron chi connectivity index (χ2n) is 7.63. The fourth-order valence-corrected chi connectivity index (χ4v) is 3.62. The number of ether oxygens (including phenoxy) is 1. The molecule has 168 valence electrons. The Hall–Kier alpha value is -1.86. The molecule has 2 aromatic carbocycles. The third kappa shape index (κ3) is 7.65. The number of unbranched alkanes of at least 4 members (excludes halogenated alkanes) is 1. The van der Waals surface area contributed by atoms with Gasteiger partial charge in [-0.1, -0.05) is 57.3 Å². The van der Waals surface area contributed by atoms with Gasteiger partial charge in [0.1, 0.15) is 11.8 Å². The van der Waals surface area contributed by atoms with Crippen LogP contribution in [-0.4, -0.2) is 35.9 Å². The summed E-state index contributed by atoms with van der Waals surface area (Å²) in [4.78, 5) is 27.3. The van der Waals surface area contributed by atoms with E-state index in [4.69, 9.17) is 4.74 Å². The summed E-state index contributed by atoms with van der Waals surface area (Å²) in [6.07, 6.45) is 1.90. The molecule has 0 heterocycles. The van der Waals surface area contributed by atoms with E-state index < -0.39 is 6.04 Å². The number of rotatable bonds is 10. The minimum atomic E-state index is -0.606. The second-order valence-corrected chi connectivity index (χ2v) is 9.34. The molecule has 0 fully saturated rings. The van der Waals surface area contributed by atoms with Crippen molar-refractivity contribution >= 4 is 43.7 Å². The molecule has 2 aromatic rings. The highest BCUT2D eigenvalue weighted by atomic mass is 79.9. The molecule has 0 aliphatic carbocycles. The Morgan fingerprint density at radius 1 is 1.10 bits per heavy atom. The molecule has 0 aliphatic rings. The largest absolute Gasteiger partial charge is 0.484 e. The lowest BCUT2D eigenvalue weighted by molar-refractivity contribution is -0.142. The van der Waals surface area contributed by atoms with Gasteiger partial charge in [-0.3, -0.25) is 9.59 Å². The van der Waals surface area contributed by atoms with Gasteiger partial charge >= 0.3 is 0 Å². The van der Waals surface area contributed by atoms with Crippen molar-refractivity contribution in [2.45, 2.75) is 53.1 Å². The van der Waals surface area contributed by atoms with Crippen LogP contribution in [0.4, 0.5) is 0 Å². The van der Waals surface area contributed by atoms with Crippen LogP contribution in [0, 0.1) is 13.8 Å². The van der Waals surface area contributed by atoms with Gasteiger partial charge in [0.25, 0.3) is 5.91 Å². The number of halogens is 2. The Morgan fingerprint density at radius 2 is 1.71 bits per heavy atom. The van der Waals surface area contributed by atoms with E-state index in [2.05, 4.69) is 44.1 Å². The second kappa shape index (κ2) is 12.2. The lowest BCUT2D eigenvalue weighted by Gasteiger charge is -2.29. The number of hydrogen-bond donors (Lipinski definition) is 1. The van der Waals surface area contributed by atoms with Gasteiger partial charge in [-0.2, -0.15) is 0 Å². The van der Waals surface area contributed by atoms with Crippen LogP contribution >= 0.6 is 31.9 Å². The Kier molecular flexibility index (Phi) is 10.0. The highest BCUT2D eigenvalue weighted by Gasteiger charge is 2.26. The van der Waals surface area contributed by atoms with Gasteiger partial charge in [-0.15, -0.1) is 0 Å². The van der Waals surface area contributed by atoms with E-state index >= 15 is 0 Å². The molecule has 0 saturated heterocycles. The first-order valence-electron chi connectivity index (χ1n) is 10.4. The molecule has 2 amide bonds. The molecular formula is C24H30Br2N2O3. The van der Waals surface area contributed by atoms with Gasteiger partial charge in [0, 0.05) is 22.0 Å². The summed E-state index contributed by atoms with van der Waals surface area (Å²) in [7, 11) is 0. The van der Waals surface area contributed by atoms with Crippen molar-refractivity contribution in [2.75, 3.05) is 13.2 Å². The van der Waals surface area contributed by atoms with Crippen molar-refractivity contribution in [3.05, 3.63) is 62.0 Å². The molecular weight excluding hydrogens is 524 g/mol. The molecule has 1 atom stereocenters. The van der Waals surface area contributed by atoms with Gasteiger partial charge in [-0.25, -0.2) is 0 Å². The van der Waals surface area contributed by atoms with Gasteiger partial charge < -0.3 is 15.0 Å². The molecule has 7 heteroatoms. The van der Waals surface area contributed by atoms with E-state index in [-0.39, 0.29) is 18.4 Å². The minimum absolute atomic E-state index is 0.135. The summed E-state index contributed by atoms with van der Waals surface area (Å²) in [6, 6.07) is 10.9. The summed E-state index contributed by atoms with van der Waals surface area (Å²) in [5, 5.41) is 2.92. The van der Waals surface area contributed by atoms with Crippen LogP contribution in [0.5, 0.6) is 5.75 Å². The molecule has 1 unspecified atom stereocenters. The number of benzene rings is 2. The summed E-state index contributed by atoms with van der Waals surface area (Å²) in [6.45, 7) is 8.59. The summed E-state index contributed by atoms with van der Waals surface area (Å²) in [5.41, 5.74) is 3.02. The Bertz CT molecular complexity index is 877. The summed E-state index contributed by atoms with van der Waals surface area (Å²) in [5.74, 6) is 0.240. The van der Waals surface area contributed by atoms with Crippen molar-refractivity contribution in [3.63, 3.8) is 0 Å². The van der Waals surface area contributed by atoms with Gasteiger partial charge in [0.05, 0.1) is 0 Å². The molecule has 5 nitrogen and oxygen atoms in total. The van der Waals surface area contributed by atoms with Gasteiger partial charge in [-0.05, 0) is 68.1 Å². The van der Waals surface area contributed by atoms with Crippen LogP contribution in [0.25, 0.3) is 0 Å². The zero-order chi connectivity index (χ0) is 23.0. The average Bonchev–Trinajstić information content (AvgIpc) is 2.74. The van der Waals surface area contributed by atoms with E-state index in [9.17, 15) is 9.59 Å². The maximum absolute atomic E-state index is 13.1. The summed E-state index contributed by atoms with van der Waals surface area (Å²) < 4.78 is 7.79. The highest BCUT2D eigenvalue weighted by molar-refractivity contribution is 9.10. The zero-order valence-electron chi connectivity index (χ0n) is 18.5. The van der Waals surface area contributed by atoms with Crippen LogP contribution in [0.3, 0.4) is 0 Å². The van der Waals surface area contributed by atoms with Crippen molar-refractivity contribution in [2.24, 2.45) is 0 Å². The molecule has 0 spiro atoms. The zero-order valence-corrected chi connectivity index (χ0v) is 21.7. The average molecular weight is 554 g/mol. The maximum atomic E-state index is 13.1. The maximum Gasteiger partial charge on any atom is 0.261 e. The number of hydrogen-bond acceptors (Lipinski definition) is 3. The molecule has 31 heavy (non-hydrogen) atoms. The third-order valence-corrected chi connectivity index (χ3v) is 6.81. The number of amides is 2. The van der Waals surface area contributed by atoms with E-state index in [1.807, 2.05) is 50.2 Å². The smallest absolute Gasteiger partial charge is 0.261 e. The molecule has 0 aromatic heterocycles. The number of nitrogens with one attached hydrogen (secondary N) is 1. The van der Waals surface area contributed by atoms with E-state index in [0.29, 0.717) is 18.8 Å².